The third-order valence-corrected chi connectivity index (χ3v) is 9.00. The Hall–Kier alpha value is -4.36. The van der Waals surface area contributed by atoms with Gasteiger partial charge in [-0.1, -0.05) is 24.3 Å². The van der Waals surface area contributed by atoms with Crippen LogP contribution < -0.4 is 18.5 Å². The molecule has 0 atom stereocenters. The van der Waals surface area contributed by atoms with Gasteiger partial charge in [0.05, 0.1) is 42.5 Å². The van der Waals surface area contributed by atoms with Crippen molar-refractivity contribution in [2.45, 2.75) is 16.7 Å². The van der Waals surface area contributed by atoms with Gasteiger partial charge in [-0.2, -0.15) is 0 Å². The fraction of sp³-hybridized carbons (Fsp3) is 0.185. The van der Waals surface area contributed by atoms with E-state index in [9.17, 15) is 21.6 Å². The van der Waals surface area contributed by atoms with Crippen molar-refractivity contribution in [1.29, 1.82) is 0 Å². The van der Waals surface area contributed by atoms with Gasteiger partial charge in [-0.25, -0.2) is 21.8 Å². The highest BCUT2D eigenvalue weighted by Gasteiger charge is 2.30. The number of carbonyl (C=O) groups is 1. The zero-order chi connectivity index (χ0) is 28.9. The molecule has 210 valence electrons. The Morgan fingerprint density at radius 1 is 0.825 bits per heavy atom. The van der Waals surface area contributed by atoms with Crippen molar-refractivity contribution in [2.75, 3.05) is 36.4 Å². The molecule has 4 aromatic rings. The Bertz CT molecular complexity index is 1720. The average molecular weight is 586 g/mol. The van der Waals surface area contributed by atoms with E-state index >= 15 is 0 Å². The number of fused-ring (bicyclic) bond motifs is 1. The van der Waals surface area contributed by atoms with Gasteiger partial charge < -0.3 is 14.2 Å². The second kappa shape index (κ2) is 11.8. The smallest absolute Gasteiger partial charge is 0.326 e. The van der Waals surface area contributed by atoms with Gasteiger partial charge in [0.2, 0.25) is 0 Å². The topological polar surface area (TPSA) is 141 Å². The van der Waals surface area contributed by atoms with Crippen molar-refractivity contribution in [3.8, 4) is 11.5 Å². The Labute approximate surface area is 232 Å². The van der Waals surface area contributed by atoms with Gasteiger partial charge in [-0.15, -0.1) is 0 Å². The first-order valence-electron chi connectivity index (χ1n) is 12.0. The van der Waals surface area contributed by atoms with Gasteiger partial charge >= 0.3 is 5.97 Å². The molecular weight excluding hydrogens is 558 g/mol. The van der Waals surface area contributed by atoms with E-state index in [1.54, 1.807) is 31.2 Å². The van der Waals surface area contributed by atoms with Crippen LogP contribution in [0, 0.1) is 0 Å². The van der Waals surface area contributed by atoms with Gasteiger partial charge in [0, 0.05) is 10.8 Å². The molecule has 4 rings (SSSR count). The molecule has 0 fully saturated rings. The standard InChI is InChI=1S/C27H27N3O8S2/c1-4-38-26(31)18-30(40(34,35)22-15-11-20(37-3)12-16-22)25-17-28-27(24-8-6-5-7-23(24)25)29-39(32,33)21-13-9-19(36-2)10-14-21/h5-17H,4,18H2,1-3H3,(H,28,29). The first-order chi connectivity index (χ1) is 19.1. The van der Waals surface area contributed by atoms with E-state index in [-0.39, 0.29) is 27.9 Å². The van der Waals surface area contributed by atoms with Crippen LogP contribution in [0.4, 0.5) is 11.5 Å². The molecule has 13 heteroatoms. The van der Waals surface area contributed by atoms with Gasteiger partial charge in [0.15, 0.2) is 0 Å². The molecule has 0 bridgehead atoms. The summed E-state index contributed by atoms with van der Waals surface area (Å²) in [5.74, 6) is 0.157. The molecule has 1 aromatic heterocycles. The minimum atomic E-state index is -4.30. The van der Waals surface area contributed by atoms with Crippen LogP contribution in [0.25, 0.3) is 10.8 Å². The summed E-state index contributed by atoms with van der Waals surface area (Å²) < 4.78 is 72.4. The van der Waals surface area contributed by atoms with Crippen LogP contribution in [0.5, 0.6) is 11.5 Å². The molecule has 0 unspecified atom stereocenters. The zero-order valence-corrected chi connectivity index (χ0v) is 23.5. The summed E-state index contributed by atoms with van der Waals surface area (Å²) in [6.45, 7) is 1.03. The lowest BCUT2D eigenvalue weighted by Gasteiger charge is -2.25. The molecule has 3 aromatic carbocycles. The van der Waals surface area contributed by atoms with Crippen molar-refractivity contribution < 1.29 is 35.8 Å². The van der Waals surface area contributed by atoms with Gasteiger partial charge in [0.25, 0.3) is 20.0 Å². The molecule has 0 saturated heterocycles. The Balaban J connectivity index is 1.81. The number of sulfonamides is 2. The number of hydrogen-bond donors (Lipinski definition) is 1. The molecule has 0 spiro atoms. The summed E-state index contributed by atoms with van der Waals surface area (Å²) >= 11 is 0. The number of nitrogens with one attached hydrogen (secondary N) is 1. The third-order valence-electron chi connectivity index (χ3n) is 5.87. The number of rotatable bonds is 11. The van der Waals surface area contributed by atoms with E-state index in [1.165, 1.54) is 68.9 Å². The van der Waals surface area contributed by atoms with E-state index in [0.29, 0.717) is 22.3 Å². The maximum absolute atomic E-state index is 13.8. The second-order valence-electron chi connectivity index (χ2n) is 8.31. The first kappa shape index (κ1) is 28.6. The maximum atomic E-state index is 13.8. The lowest BCUT2D eigenvalue weighted by molar-refractivity contribution is -0.141. The van der Waals surface area contributed by atoms with E-state index < -0.39 is 32.6 Å². The van der Waals surface area contributed by atoms with E-state index in [4.69, 9.17) is 14.2 Å². The quantitative estimate of drug-likeness (QED) is 0.260. The summed E-state index contributed by atoms with van der Waals surface area (Å²) in [5.41, 5.74) is 0.0619. The normalized spacial score (nSPS) is 11.6. The summed E-state index contributed by atoms with van der Waals surface area (Å²) in [6.07, 6.45) is 1.20. The Morgan fingerprint density at radius 3 is 1.93 bits per heavy atom. The van der Waals surface area contributed by atoms with Crippen LogP contribution in [-0.2, 0) is 29.6 Å². The Kier molecular flexibility index (Phi) is 8.45. The minimum absolute atomic E-state index is 0.0192. The zero-order valence-electron chi connectivity index (χ0n) is 21.9. The van der Waals surface area contributed by atoms with Crippen molar-refractivity contribution in [2.24, 2.45) is 0 Å². The summed E-state index contributed by atoms with van der Waals surface area (Å²) in [7, 11) is -5.42. The number of aromatic nitrogens is 1. The van der Waals surface area contributed by atoms with Gasteiger partial charge in [-0.3, -0.25) is 13.8 Å². The number of carbonyl (C=O) groups excluding carboxylic acids is 1. The maximum Gasteiger partial charge on any atom is 0.326 e. The van der Waals surface area contributed by atoms with Crippen molar-refractivity contribution in [3.63, 3.8) is 0 Å². The highest BCUT2D eigenvalue weighted by atomic mass is 32.2. The fourth-order valence-electron chi connectivity index (χ4n) is 3.90. The fourth-order valence-corrected chi connectivity index (χ4v) is 6.34. The molecule has 1 N–H and O–H groups in total. The van der Waals surface area contributed by atoms with Crippen LogP contribution in [0.3, 0.4) is 0 Å². The number of pyridine rings is 1. The van der Waals surface area contributed by atoms with Crippen LogP contribution in [0.1, 0.15) is 6.92 Å². The highest BCUT2D eigenvalue weighted by molar-refractivity contribution is 7.93. The van der Waals surface area contributed by atoms with Crippen LogP contribution in [0.2, 0.25) is 0 Å². The molecule has 0 aliphatic carbocycles. The number of methoxy groups -OCH3 is 2. The minimum Gasteiger partial charge on any atom is -0.497 e. The van der Waals surface area contributed by atoms with Gasteiger partial charge in [0.1, 0.15) is 23.9 Å². The Morgan fingerprint density at radius 2 is 1.38 bits per heavy atom. The molecule has 0 aliphatic heterocycles. The number of benzene rings is 3. The first-order valence-corrected chi connectivity index (χ1v) is 14.9. The number of nitrogens with zero attached hydrogens (tertiary/aromatic N) is 2. The lowest BCUT2D eigenvalue weighted by Crippen LogP contribution is -2.37. The number of hydrogen-bond acceptors (Lipinski definition) is 9. The van der Waals surface area contributed by atoms with Crippen molar-refractivity contribution >= 4 is 48.3 Å². The predicted molar refractivity (Wildman–Crippen MR) is 150 cm³/mol. The number of esters is 1. The highest BCUT2D eigenvalue weighted by Crippen LogP contribution is 2.34. The van der Waals surface area contributed by atoms with Crippen molar-refractivity contribution in [1.82, 2.24) is 4.98 Å². The molecule has 0 amide bonds. The largest absolute Gasteiger partial charge is 0.497 e. The predicted octanol–water partition coefficient (Wildman–Crippen LogP) is 3.81. The molecule has 0 saturated carbocycles. The summed E-state index contributed by atoms with van der Waals surface area (Å²) in [5, 5.41) is 0.655. The SMILES string of the molecule is CCOC(=O)CN(c1cnc(NS(=O)(=O)c2ccc(OC)cc2)c2ccccc12)S(=O)(=O)c1ccc(OC)cc1. The van der Waals surface area contributed by atoms with Crippen molar-refractivity contribution in [3.05, 3.63) is 79.0 Å². The number of anilines is 2. The second-order valence-corrected chi connectivity index (χ2v) is 11.9. The molecular formula is C27H27N3O8S2. The monoisotopic (exact) mass is 585 g/mol. The summed E-state index contributed by atoms with van der Waals surface area (Å²) in [4.78, 5) is 16.7. The molecule has 0 aliphatic rings. The average Bonchev–Trinajstić information content (AvgIpc) is 2.96. The van der Waals surface area contributed by atoms with E-state index in [1.807, 2.05) is 0 Å². The lowest BCUT2D eigenvalue weighted by atomic mass is 10.1. The summed E-state index contributed by atoms with van der Waals surface area (Å²) in [6, 6.07) is 18.0. The molecule has 11 nitrogen and oxygen atoms in total. The van der Waals surface area contributed by atoms with E-state index in [0.717, 1.165) is 4.31 Å². The molecule has 40 heavy (non-hydrogen) atoms. The van der Waals surface area contributed by atoms with Crippen LogP contribution >= 0.6 is 0 Å². The van der Waals surface area contributed by atoms with Crippen LogP contribution in [0.15, 0.2) is 88.8 Å². The van der Waals surface area contributed by atoms with Gasteiger partial charge in [-0.05, 0) is 55.5 Å². The molecule has 0 radical (unpaired) electrons. The van der Waals surface area contributed by atoms with Crippen LogP contribution in [-0.4, -0.2) is 55.2 Å². The molecule has 1 heterocycles. The number of ether oxygens (including phenoxy) is 3. The third kappa shape index (κ3) is 5.95. The van der Waals surface area contributed by atoms with E-state index in [2.05, 4.69) is 9.71 Å².